The van der Waals surface area contributed by atoms with Gasteiger partial charge in [-0.05, 0) is 0 Å². The maximum absolute atomic E-state index is 6.53. The predicted molar refractivity (Wildman–Crippen MR) is 93.6 cm³/mol. The van der Waals surface area contributed by atoms with Crippen LogP contribution in [0.1, 0.15) is 47.0 Å². The monoisotopic (exact) mass is 367 g/mol. The summed E-state index contributed by atoms with van der Waals surface area (Å²) in [6, 6.07) is 10.9. The second-order valence-corrected chi connectivity index (χ2v) is 10.7. The van der Waals surface area contributed by atoms with Crippen molar-refractivity contribution >= 4 is 19.4 Å². The first-order valence-corrected chi connectivity index (χ1v) is 10.4. The summed E-state index contributed by atoms with van der Waals surface area (Å²) in [6.07, 6.45) is 4.53. The van der Waals surface area contributed by atoms with Gasteiger partial charge in [0.05, 0.1) is 0 Å². The number of hydrogen-bond acceptors (Lipinski definition) is 2. The van der Waals surface area contributed by atoms with Crippen LogP contribution in [0.25, 0.3) is 0 Å². The topological polar surface area (TPSA) is 21.3 Å². The van der Waals surface area contributed by atoms with Crippen molar-refractivity contribution in [2.75, 3.05) is 0 Å². The minimum absolute atomic E-state index is 0.189. The van der Waals surface area contributed by atoms with E-state index in [1.165, 1.54) is 23.7 Å². The van der Waals surface area contributed by atoms with Crippen LogP contribution in [0.4, 0.5) is 0 Å². The standard InChI is InChI=1S/C19H29NOSe/c1-13-10-11-16-17(12-13)21-18(20-19(16,3)4)14(2)22-15-8-6-5-7-9-15/h5-9,13-14,16-18,20H,10-12H2,1-4H3/t13-,14+,16-,17-,18+/m1/s1. The SMILES string of the molecule is C[C@@H]1CC[C@@H]2[C@@H](C1)O[C@@H]([C@H](C)[Se]c1ccccc1)NC2(C)C. The average Bonchev–Trinajstić information content (AvgIpc) is 2.46. The van der Waals surface area contributed by atoms with Crippen molar-refractivity contribution in [2.24, 2.45) is 11.8 Å². The first-order chi connectivity index (χ1) is 10.5. The second-order valence-electron chi connectivity index (χ2n) is 7.62. The van der Waals surface area contributed by atoms with Gasteiger partial charge in [-0.25, -0.2) is 0 Å². The molecule has 3 heteroatoms. The molecule has 2 aliphatic rings. The van der Waals surface area contributed by atoms with E-state index >= 15 is 0 Å². The third-order valence-electron chi connectivity index (χ3n) is 5.31. The van der Waals surface area contributed by atoms with Crippen molar-refractivity contribution < 1.29 is 4.74 Å². The van der Waals surface area contributed by atoms with Gasteiger partial charge in [-0.1, -0.05) is 0 Å². The summed E-state index contributed by atoms with van der Waals surface area (Å²) >= 11 is 0.447. The molecule has 1 heterocycles. The van der Waals surface area contributed by atoms with E-state index in [1.807, 2.05) is 0 Å². The average molecular weight is 366 g/mol. The zero-order chi connectivity index (χ0) is 15.7. The van der Waals surface area contributed by atoms with Crippen LogP contribution in [0.3, 0.4) is 0 Å². The number of ether oxygens (including phenoxy) is 1. The van der Waals surface area contributed by atoms with E-state index < -0.39 is 0 Å². The summed E-state index contributed by atoms with van der Waals surface area (Å²) in [6.45, 7) is 9.46. The van der Waals surface area contributed by atoms with E-state index in [1.54, 1.807) is 0 Å². The summed E-state index contributed by atoms with van der Waals surface area (Å²) < 4.78 is 8.00. The predicted octanol–water partition coefficient (Wildman–Crippen LogP) is 3.35. The molecular weight excluding hydrogens is 337 g/mol. The van der Waals surface area contributed by atoms with Gasteiger partial charge < -0.3 is 0 Å². The summed E-state index contributed by atoms with van der Waals surface area (Å²) in [7, 11) is 0. The Hall–Kier alpha value is -0.341. The zero-order valence-electron chi connectivity index (χ0n) is 14.2. The first-order valence-electron chi connectivity index (χ1n) is 8.60. The number of benzene rings is 1. The van der Waals surface area contributed by atoms with E-state index in [2.05, 4.69) is 63.3 Å². The Morgan fingerprint density at radius 3 is 2.68 bits per heavy atom. The van der Waals surface area contributed by atoms with Crippen molar-refractivity contribution in [2.45, 2.75) is 69.6 Å². The summed E-state index contributed by atoms with van der Waals surface area (Å²) in [5.41, 5.74) is 0.189. The normalized spacial score (nSPS) is 35.6. The van der Waals surface area contributed by atoms with Crippen molar-refractivity contribution in [1.29, 1.82) is 0 Å². The zero-order valence-corrected chi connectivity index (χ0v) is 15.9. The minimum atomic E-state index is 0.189. The molecule has 0 aromatic heterocycles. The van der Waals surface area contributed by atoms with Gasteiger partial charge in [0.1, 0.15) is 0 Å². The van der Waals surface area contributed by atoms with E-state index in [0.29, 0.717) is 31.8 Å². The van der Waals surface area contributed by atoms with Gasteiger partial charge in [-0.3, -0.25) is 0 Å². The van der Waals surface area contributed by atoms with Crippen LogP contribution < -0.4 is 9.78 Å². The third kappa shape index (κ3) is 3.59. The molecule has 22 heavy (non-hydrogen) atoms. The van der Waals surface area contributed by atoms with Crippen molar-refractivity contribution in [1.82, 2.24) is 5.32 Å². The number of fused-ring (bicyclic) bond motifs is 1. The molecule has 2 fully saturated rings. The molecule has 1 aliphatic heterocycles. The fourth-order valence-electron chi connectivity index (χ4n) is 4.00. The van der Waals surface area contributed by atoms with Crippen molar-refractivity contribution in [3.8, 4) is 0 Å². The molecule has 5 atom stereocenters. The van der Waals surface area contributed by atoms with Crippen molar-refractivity contribution in [3.05, 3.63) is 30.3 Å². The van der Waals surface area contributed by atoms with E-state index in [9.17, 15) is 0 Å². The second kappa shape index (κ2) is 6.65. The van der Waals surface area contributed by atoms with Crippen LogP contribution in [0, 0.1) is 11.8 Å². The van der Waals surface area contributed by atoms with Crippen molar-refractivity contribution in [3.63, 3.8) is 0 Å². The van der Waals surface area contributed by atoms with E-state index in [0.717, 1.165) is 5.92 Å². The summed E-state index contributed by atoms with van der Waals surface area (Å²) in [4.78, 5) is 0.548. The number of hydrogen-bond donors (Lipinski definition) is 1. The molecule has 122 valence electrons. The Morgan fingerprint density at radius 1 is 1.23 bits per heavy atom. The van der Waals surface area contributed by atoms with Gasteiger partial charge in [-0.15, -0.1) is 0 Å². The molecule has 0 unspecified atom stereocenters. The van der Waals surface area contributed by atoms with Crippen LogP contribution in [0.2, 0.25) is 4.82 Å². The molecule has 1 aliphatic carbocycles. The molecule has 1 saturated carbocycles. The fraction of sp³-hybridized carbons (Fsp3) is 0.684. The Balaban J connectivity index is 1.69. The molecule has 1 aromatic carbocycles. The van der Waals surface area contributed by atoms with Gasteiger partial charge in [0.15, 0.2) is 0 Å². The van der Waals surface area contributed by atoms with Crippen LogP contribution in [0.5, 0.6) is 0 Å². The van der Waals surface area contributed by atoms with Crippen LogP contribution in [-0.4, -0.2) is 32.8 Å². The van der Waals surface area contributed by atoms with E-state index in [4.69, 9.17) is 4.74 Å². The molecule has 1 N–H and O–H groups in total. The molecule has 3 rings (SSSR count). The molecule has 2 nitrogen and oxygen atoms in total. The van der Waals surface area contributed by atoms with Gasteiger partial charge in [-0.2, -0.15) is 0 Å². The molecule has 0 bridgehead atoms. The fourth-order valence-corrected chi connectivity index (χ4v) is 6.10. The molecule has 0 radical (unpaired) electrons. The summed E-state index contributed by atoms with van der Waals surface area (Å²) in [5, 5.41) is 3.82. The summed E-state index contributed by atoms with van der Waals surface area (Å²) in [5.74, 6) is 1.47. The van der Waals surface area contributed by atoms with Crippen LogP contribution >= 0.6 is 0 Å². The third-order valence-corrected chi connectivity index (χ3v) is 7.75. The first kappa shape index (κ1) is 16.5. The quantitative estimate of drug-likeness (QED) is 0.829. The number of nitrogens with one attached hydrogen (secondary N) is 1. The molecule has 1 aromatic rings. The van der Waals surface area contributed by atoms with Gasteiger partial charge in [0.2, 0.25) is 0 Å². The Morgan fingerprint density at radius 2 is 1.95 bits per heavy atom. The molecule has 1 saturated heterocycles. The molecular formula is C19H29NOSe. The Kier molecular flexibility index (Phi) is 4.99. The van der Waals surface area contributed by atoms with E-state index in [-0.39, 0.29) is 11.8 Å². The maximum atomic E-state index is 6.53. The van der Waals surface area contributed by atoms with Crippen LogP contribution in [-0.2, 0) is 4.74 Å². The molecule has 0 amide bonds. The van der Waals surface area contributed by atoms with Gasteiger partial charge in [0.25, 0.3) is 0 Å². The Labute approximate surface area is 141 Å². The van der Waals surface area contributed by atoms with Gasteiger partial charge in [0, 0.05) is 0 Å². The van der Waals surface area contributed by atoms with Crippen LogP contribution in [0.15, 0.2) is 30.3 Å². The molecule has 0 spiro atoms. The number of rotatable bonds is 3. The van der Waals surface area contributed by atoms with Gasteiger partial charge >= 0.3 is 141 Å². The Bertz CT molecular complexity index is 489.